The molecule has 1 aliphatic rings. The lowest BCUT2D eigenvalue weighted by Gasteiger charge is -2.18. The second kappa shape index (κ2) is 7.45. The average Bonchev–Trinajstić information content (AvgIpc) is 3.04. The molecule has 0 bridgehead atoms. The van der Waals surface area contributed by atoms with E-state index < -0.39 is 15.9 Å². The Morgan fingerprint density at radius 2 is 1.93 bits per heavy atom. The second-order valence-electron chi connectivity index (χ2n) is 6.42. The van der Waals surface area contributed by atoms with E-state index in [0.29, 0.717) is 11.4 Å². The van der Waals surface area contributed by atoms with Gasteiger partial charge in [0.25, 0.3) is 0 Å². The predicted molar refractivity (Wildman–Crippen MR) is 101 cm³/mol. The summed E-state index contributed by atoms with van der Waals surface area (Å²) < 4.78 is 25.4. The zero-order valence-corrected chi connectivity index (χ0v) is 15.8. The standard InChI is InChI=1S/C18H20N4O4S/c1-21(2)27(25,26)16-7-5-15(6-8-16)22-12-13(10-17(22)23)18(24)20-14-4-3-9-19-11-14/h3-9,11,13H,10,12H2,1-2H3,(H,20,24)/t13-/m1/s1. The van der Waals surface area contributed by atoms with Crippen LogP contribution in [0.4, 0.5) is 11.4 Å². The summed E-state index contributed by atoms with van der Waals surface area (Å²) >= 11 is 0. The lowest BCUT2D eigenvalue weighted by molar-refractivity contribution is -0.122. The highest BCUT2D eigenvalue weighted by molar-refractivity contribution is 7.89. The van der Waals surface area contributed by atoms with Crippen molar-refractivity contribution in [2.24, 2.45) is 5.92 Å². The third-order valence-electron chi connectivity index (χ3n) is 4.35. The fourth-order valence-corrected chi connectivity index (χ4v) is 3.72. The van der Waals surface area contributed by atoms with Gasteiger partial charge in [0, 0.05) is 38.9 Å². The maximum absolute atomic E-state index is 12.4. The number of benzene rings is 1. The highest BCUT2D eigenvalue weighted by Gasteiger charge is 2.35. The van der Waals surface area contributed by atoms with E-state index in [1.165, 1.54) is 37.3 Å². The van der Waals surface area contributed by atoms with Crippen LogP contribution >= 0.6 is 0 Å². The Labute approximate surface area is 157 Å². The first-order valence-corrected chi connectivity index (χ1v) is 9.77. The number of aromatic nitrogens is 1. The Morgan fingerprint density at radius 3 is 2.52 bits per heavy atom. The number of amides is 2. The largest absolute Gasteiger partial charge is 0.324 e. The highest BCUT2D eigenvalue weighted by Crippen LogP contribution is 2.27. The molecule has 1 fully saturated rings. The number of carbonyl (C=O) groups excluding carboxylic acids is 2. The van der Waals surface area contributed by atoms with Crippen LogP contribution in [-0.4, -0.2) is 50.2 Å². The number of carbonyl (C=O) groups is 2. The van der Waals surface area contributed by atoms with Crippen LogP contribution in [0.3, 0.4) is 0 Å². The van der Waals surface area contributed by atoms with Crippen molar-refractivity contribution in [3.05, 3.63) is 48.8 Å². The van der Waals surface area contributed by atoms with Crippen LogP contribution in [0.15, 0.2) is 53.7 Å². The molecule has 2 heterocycles. The topological polar surface area (TPSA) is 99.7 Å². The molecule has 27 heavy (non-hydrogen) atoms. The first-order valence-electron chi connectivity index (χ1n) is 8.33. The molecule has 142 valence electrons. The Bertz CT molecular complexity index is 943. The van der Waals surface area contributed by atoms with Gasteiger partial charge in [-0.2, -0.15) is 0 Å². The molecule has 9 heteroatoms. The van der Waals surface area contributed by atoms with Gasteiger partial charge in [-0.1, -0.05) is 0 Å². The molecule has 0 aliphatic carbocycles. The van der Waals surface area contributed by atoms with Crippen molar-refractivity contribution in [1.29, 1.82) is 0 Å². The minimum Gasteiger partial charge on any atom is -0.324 e. The number of hydrogen-bond donors (Lipinski definition) is 1. The minimum atomic E-state index is -3.53. The summed E-state index contributed by atoms with van der Waals surface area (Å²) in [6, 6.07) is 9.52. The lowest BCUT2D eigenvalue weighted by Crippen LogP contribution is -2.28. The molecular weight excluding hydrogens is 368 g/mol. The van der Waals surface area contributed by atoms with E-state index in [1.807, 2.05) is 0 Å². The first kappa shape index (κ1) is 19.0. The summed E-state index contributed by atoms with van der Waals surface area (Å²) in [6.45, 7) is 0.241. The maximum atomic E-state index is 12.4. The summed E-state index contributed by atoms with van der Waals surface area (Å²) in [5, 5.41) is 2.75. The molecule has 1 aliphatic heterocycles. The third kappa shape index (κ3) is 3.99. The number of pyridine rings is 1. The van der Waals surface area contributed by atoms with E-state index >= 15 is 0 Å². The smallest absolute Gasteiger partial charge is 0.242 e. The van der Waals surface area contributed by atoms with Crippen LogP contribution in [0.25, 0.3) is 0 Å². The molecule has 2 aromatic rings. The minimum absolute atomic E-state index is 0.101. The van der Waals surface area contributed by atoms with Gasteiger partial charge in [0.2, 0.25) is 21.8 Å². The Morgan fingerprint density at radius 1 is 1.22 bits per heavy atom. The molecule has 2 amide bonds. The summed E-state index contributed by atoms with van der Waals surface area (Å²) in [6.07, 6.45) is 3.25. The van der Waals surface area contributed by atoms with Crippen LogP contribution in [0.1, 0.15) is 6.42 Å². The number of rotatable bonds is 5. The molecule has 1 N–H and O–H groups in total. The lowest BCUT2D eigenvalue weighted by atomic mass is 10.1. The van der Waals surface area contributed by atoms with E-state index in [1.54, 1.807) is 30.5 Å². The number of sulfonamides is 1. The highest BCUT2D eigenvalue weighted by atomic mass is 32.2. The number of anilines is 2. The molecule has 0 saturated carbocycles. The average molecular weight is 388 g/mol. The van der Waals surface area contributed by atoms with Crippen molar-refractivity contribution in [2.75, 3.05) is 30.9 Å². The quantitative estimate of drug-likeness (QED) is 0.833. The van der Waals surface area contributed by atoms with E-state index in [2.05, 4.69) is 10.3 Å². The van der Waals surface area contributed by atoms with Crippen molar-refractivity contribution in [2.45, 2.75) is 11.3 Å². The van der Waals surface area contributed by atoms with E-state index in [0.717, 1.165) is 4.31 Å². The molecule has 0 spiro atoms. The third-order valence-corrected chi connectivity index (χ3v) is 6.18. The number of nitrogens with one attached hydrogen (secondary N) is 1. The van der Waals surface area contributed by atoms with E-state index in [-0.39, 0.29) is 29.7 Å². The van der Waals surface area contributed by atoms with Gasteiger partial charge in [0.1, 0.15) is 0 Å². The Balaban J connectivity index is 1.71. The molecule has 3 rings (SSSR count). The van der Waals surface area contributed by atoms with Crippen molar-refractivity contribution in [3.8, 4) is 0 Å². The Kier molecular flexibility index (Phi) is 5.24. The van der Waals surface area contributed by atoms with Crippen LogP contribution in [0.5, 0.6) is 0 Å². The zero-order chi connectivity index (χ0) is 19.6. The summed E-state index contributed by atoms with van der Waals surface area (Å²) in [7, 11) is -0.616. The molecule has 1 aromatic carbocycles. The molecule has 1 saturated heterocycles. The van der Waals surface area contributed by atoms with E-state index in [4.69, 9.17) is 0 Å². The van der Waals surface area contributed by atoms with Gasteiger partial charge < -0.3 is 10.2 Å². The summed E-state index contributed by atoms with van der Waals surface area (Å²) in [4.78, 5) is 30.3. The SMILES string of the molecule is CN(C)S(=O)(=O)c1ccc(N2C[C@H](C(=O)Nc3cccnc3)CC2=O)cc1. The molecular formula is C18H20N4O4S. The van der Waals surface area contributed by atoms with Crippen molar-refractivity contribution in [1.82, 2.24) is 9.29 Å². The maximum Gasteiger partial charge on any atom is 0.242 e. The van der Waals surface area contributed by atoms with Gasteiger partial charge >= 0.3 is 0 Å². The normalized spacial score (nSPS) is 17.4. The summed E-state index contributed by atoms with van der Waals surface area (Å²) in [5.74, 6) is -0.905. The summed E-state index contributed by atoms with van der Waals surface area (Å²) in [5.41, 5.74) is 1.14. The molecule has 0 radical (unpaired) electrons. The van der Waals surface area contributed by atoms with Gasteiger partial charge in [-0.05, 0) is 36.4 Å². The predicted octanol–water partition coefficient (Wildman–Crippen LogP) is 1.32. The zero-order valence-electron chi connectivity index (χ0n) is 15.0. The Hall–Kier alpha value is -2.78. The van der Waals surface area contributed by atoms with Gasteiger partial charge in [0.15, 0.2) is 0 Å². The van der Waals surface area contributed by atoms with Gasteiger partial charge in [-0.15, -0.1) is 0 Å². The molecule has 8 nitrogen and oxygen atoms in total. The van der Waals surface area contributed by atoms with Crippen LogP contribution in [0, 0.1) is 5.92 Å². The van der Waals surface area contributed by atoms with Gasteiger partial charge in [0.05, 0.1) is 22.7 Å². The molecule has 0 unspecified atom stereocenters. The number of nitrogens with zero attached hydrogens (tertiary/aromatic N) is 3. The number of hydrogen-bond acceptors (Lipinski definition) is 5. The second-order valence-corrected chi connectivity index (χ2v) is 8.57. The van der Waals surface area contributed by atoms with Crippen LogP contribution < -0.4 is 10.2 Å². The van der Waals surface area contributed by atoms with Crippen molar-refractivity contribution >= 4 is 33.2 Å². The van der Waals surface area contributed by atoms with Crippen molar-refractivity contribution < 1.29 is 18.0 Å². The molecule has 1 aromatic heterocycles. The van der Waals surface area contributed by atoms with Gasteiger partial charge in [-0.3, -0.25) is 14.6 Å². The first-order chi connectivity index (χ1) is 12.8. The van der Waals surface area contributed by atoms with Crippen LogP contribution in [-0.2, 0) is 19.6 Å². The van der Waals surface area contributed by atoms with E-state index in [9.17, 15) is 18.0 Å². The van der Waals surface area contributed by atoms with Crippen molar-refractivity contribution in [3.63, 3.8) is 0 Å². The molecule has 1 atom stereocenters. The van der Waals surface area contributed by atoms with Gasteiger partial charge in [-0.25, -0.2) is 12.7 Å². The fraction of sp³-hybridized carbons (Fsp3) is 0.278. The monoisotopic (exact) mass is 388 g/mol. The van der Waals surface area contributed by atoms with Crippen LogP contribution in [0.2, 0.25) is 0 Å². The fourth-order valence-electron chi connectivity index (χ4n) is 2.82.